The van der Waals surface area contributed by atoms with Gasteiger partial charge in [0.25, 0.3) is 10.1 Å². The maximum atomic E-state index is 11.3. The number of rotatable bonds is 5. The van der Waals surface area contributed by atoms with E-state index >= 15 is 0 Å². The molecule has 0 saturated heterocycles. The van der Waals surface area contributed by atoms with E-state index in [1.54, 1.807) is 13.0 Å². The molecule has 0 aliphatic heterocycles. The van der Waals surface area contributed by atoms with Crippen LogP contribution in [0.15, 0.2) is 12.2 Å². The van der Waals surface area contributed by atoms with Gasteiger partial charge in [-0.3, -0.25) is 8.98 Å². The van der Waals surface area contributed by atoms with Crippen LogP contribution < -0.4 is 0 Å². The Hall–Kier alpha value is -0.680. The molecule has 2 atom stereocenters. The summed E-state index contributed by atoms with van der Waals surface area (Å²) in [6, 6.07) is 0. The Balaban J connectivity index is 2.34. The molecule has 0 aromatic rings. The second-order valence-corrected chi connectivity index (χ2v) is 5.83. The van der Waals surface area contributed by atoms with Crippen molar-refractivity contribution in [1.29, 1.82) is 0 Å². The summed E-state index contributed by atoms with van der Waals surface area (Å²) in [5.41, 5.74) is 0. The summed E-state index contributed by atoms with van der Waals surface area (Å²) in [5, 5.41) is 0. The van der Waals surface area contributed by atoms with Gasteiger partial charge in [0.1, 0.15) is 5.78 Å². The molecule has 4 nitrogen and oxygen atoms in total. The number of Topliss-reactive ketones (excluding diaryl/α,β-unsaturated/α-hetero) is 1. The van der Waals surface area contributed by atoms with Gasteiger partial charge >= 0.3 is 0 Å². The van der Waals surface area contributed by atoms with Gasteiger partial charge in [-0.15, -0.1) is 0 Å². The standard InChI is InChI=1S/C11H18O4S/c1-9(15-16(2,13)14)5-3-6-10-7-4-8-11(10)12/h3,5,9-10H,4,6-8H2,1-2H3. The summed E-state index contributed by atoms with van der Waals surface area (Å²) in [6.07, 6.45) is 7.39. The van der Waals surface area contributed by atoms with Gasteiger partial charge in [0.2, 0.25) is 0 Å². The molecular weight excluding hydrogens is 228 g/mol. The average molecular weight is 246 g/mol. The molecule has 1 aliphatic carbocycles. The molecule has 1 saturated carbocycles. The Morgan fingerprint density at radius 1 is 1.56 bits per heavy atom. The van der Waals surface area contributed by atoms with Gasteiger partial charge in [-0.1, -0.05) is 12.2 Å². The predicted molar refractivity (Wildman–Crippen MR) is 61.5 cm³/mol. The lowest BCUT2D eigenvalue weighted by molar-refractivity contribution is -0.120. The Labute approximate surface area is 96.8 Å². The summed E-state index contributed by atoms with van der Waals surface area (Å²) in [4.78, 5) is 11.3. The summed E-state index contributed by atoms with van der Waals surface area (Å²) in [7, 11) is -3.40. The van der Waals surface area contributed by atoms with Crippen molar-refractivity contribution in [2.24, 2.45) is 5.92 Å². The van der Waals surface area contributed by atoms with E-state index in [1.165, 1.54) is 0 Å². The third kappa shape index (κ3) is 4.90. The zero-order valence-corrected chi connectivity index (χ0v) is 10.5. The monoisotopic (exact) mass is 246 g/mol. The number of hydrogen-bond donors (Lipinski definition) is 0. The zero-order chi connectivity index (χ0) is 12.2. The highest BCUT2D eigenvalue weighted by Crippen LogP contribution is 2.24. The first-order valence-electron chi connectivity index (χ1n) is 5.46. The molecule has 1 aliphatic rings. The summed E-state index contributed by atoms with van der Waals surface area (Å²) >= 11 is 0. The van der Waals surface area contributed by atoms with E-state index in [9.17, 15) is 13.2 Å². The molecule has 0 bridgehead atoms. The van der Waals surface area contributed by atoms with E-state index < -0.39 is 16.2 Å². The third-order valence-corrected chi connectivity index (χ3v) is 3.24. The number of hydrogen-bond acceptors (Lipinski definition) is 4. The summed E-state index contributed by atoms with van der Waals surface area (Å²) in [6.45, 7) is 1.66. The van der Waals surface area contributed by atoms with Crippen molar-refractivity contribution in [3.8, 4) is 0 Å². The van der Waals surface area contributed by atoms with Crippen molar-refractivity contribution in [2.75, 3.05) is 6.26 Å². The normalized spacial score (nSPS) is 24.1. The lowest BCUT2D eigenvalue weighted by Crippen LogP contribution is -2.11. The first-order chi connectivity index (χ1) is 7.38. The van der Waals surface area contributed by atoms with Crippen molar-refractivity contribution < 1.29 is 17.4 Å². The largest absolute Gasteiger partial charge is 0.299 e. The van der Waals surface area contributed by atoms with E-state index in [2.05, 4.69) is 0 Å². The maximum absolute atomic E-state index is 11.3. The van der Waals surface area contributed by atoms with Gasteiger partial charge in [0.15, 0.2) is 0 Å². The van der Waals surface area contributed by atoms with Crippen LogP contribution in [0.2, 0.25) is 0 Å². The molecule has 1 fully saturated rings. The predicted octanol–water partition coefficient (Wildman–Crippen LogP) is 1.67. The summed E-state index contributed by atoms with van der Waals surface area (Å²) in [5.74, 6) is 0.447. The van der Waals surface area contributed by atoms with Crippen molar-refractivity contribution >= 4 is 15.9 Å². The molecule has 0 spiro atoms. The summed E-state index contributed by atoms with van der Waals surface area (Å²) < 4.78 is 26.3. The van der Waals surface area contributed by atoms with E-state index in [4.69, 9.17) is 4.18 Å². The fraction of sp³-hybridized carbons (Fsp3) is 0.727. The topological polar surface area (TPSA) is 60.4 Å². The number of carbonyl (C=O) groups excluding carboxylic acids is 1. The smallest absolute Gasteiger partial charge is 0.264 e. The van der Waals surface area contributed by atoms with Crippen LogP contribution in [-0.2, 0) is 19.1 Å². The fourth-order valence-corrected chi connectivity index (χ4v) is 2.49. The van der Waals surface area contributed by atoms with Crippen LogP contribution in [0.4, 0.5) is 0 Å². The maximum Gasteiger partial charge on any atom is 0.264 e. The minimum Gasteiger partial charge on any atom is -0.299 e. The molecule has 92 valence electrons. The van der Waals surface area contributed by atoms with Crippen LogP contribution >= 0.6 is 0 Å². The van der Waals surface area contributed by atoms with Gasteiger partial charge in [-0.05, 0) is 26.2 Å². The van der Waals surface area contributed by atoms with Crippen molar-refractivity contribution in [3.05, 3.63) is 12.2 Å². The quantitative estimate of drug-likeness (QED) is 0.547. The van der Waals surface area contributed by atoms with E-state index in [0.29, 0.717) is 18.6 Å². The van der Waals surface area contributed by atoms with Gasteiger partial charge < -0.3 is 0 Å². The Morgan fingerprint density at radius 3 is 2.75 bits per heavy atom. The molecule has 2 unspecified atom stereocenters. The third-order valence-electron chi connectivity index (χ3n) is 2.59. The highest BCUT2D eigenvalue weighted by Gasteiger charge is 2.22. The van der Waals surface area contributed by atoms with Gasteiger partial charge in [-0.2, -0.15) is 8.42 Å². The first-order valence-corrected chi connectivity index (χ1v) is 7.28. The van der Waals surface area contributed by atoms with Gasteiger partial charge in [0, 0.05) is 12.3 Å². The highest BCUT2D eigenvalue weighted by molar-refractivity contribution is 7.86. The molecule has 0 aromatic heterocycles. The van der Waals surface area contributed by atoms with Gasteiger partial charge in [-0.25, -0.2) is 0 Å². The molecule has 16 heavy (non-hydrogen) atoms. The minimum atomic E-state index is -3.40. The molecule has 5 heteroatoms. The Bertz CT molecular complexity index is 369. The zero-order valence-electron chi connectivity index (χ0n) is 9.68. The Kier molecular flexibility index (Phi) is 4.68. The fourth-order valence-electron chi connectivity index (χ4n) is 1.88. The second kappa shape index (κ2) is 5.59. The van der Waals surface area contributed by atoms with Crippen LogP contribution in [0, 0.1) is 5.92 Å². The Morgan fingerprint density at radius 2 is 2.25 bits per heavy atom. The SMILES string of the molecule is CC(C=CCC1CCCC1=O)OS(C)(=O)=O. The minimum absolute atomic E-state index is 0.127. The average Bonchev–Trinajstić information content (AvgIpc) is 2.48. The van der Waals surface area contributed by atoms with Crippen LogP contribution in [0.3, 0.4) is 0 Å². The molecule has 0 N–H and O–H groups in total. The van der Waals surface area contributed by atoms with Gasteiger partial charge in [0.05, 0.1) is 12.4 Å². The van der Waals surface area contributed by atoms with Crippen LogP contribution in [0.5, 0.6) is 0 Å². The molecule has 0 aromatic carbocycles. The number of allylic oxidation sites excluding steroid dienone is 1. The molecule has 1 rings (SSSR count). The molecule has 0 radical (unpaired) electrons. The molecule has 0 amide bonds. The van der Waals surface area contributed by atoms with E-state index in [0.717, 1.165) is 19.1 Å². The van der Waals surface area contributed by atoms with Crippen molar-refractivity contribution in [3.63, 3.8) is 0 Å². The molecule has 0 heterocycles. The van der Waals surface area contributed by atoms with E-state index in [1.807, 2.05) is 6.08 Å². The van der Waals surface area contributed by atoms with Crippen molar-refractivity contribution in [1.82, 2.24) is 0 Å². The number of ketones is 1. The van der Waals surface area contributed by atoms with Crippen molar-refractivity contribution in [2.45, 2.75) is 38.7 Å². The first kappa shape index (κ1) is 13.4. The number of carbonyl (C=O) groups is 1. The lowest BCUT2D eigenvalue weighted by Gasteiger charge is -2.06. The van der Waals surface area contributed by atoms with Crippen LogP contribution in [0.25, 0.3) is 0 Å². The lowest BCUT2D eigenvalue weighted by atomic mass is 10.0. The molecular formula is C11H18O4S. The highest BCUT2D eigenvalue weighted by atomic mass is 32.2. The van der Waals surface area contributed by atoms with Crippen LogP contribution in [-0.4, -0.2) is 26.6 Å². The van der Waals surface area contributed by atoms with E-state index in [-0.39, 0.29) is 5.92 Å². The van der Waals surface area contributed by atoms with Crippen LogP contribution in [0.1, 0.15) is 32.6 Å². The second-order valence-electron chi connectivity index (χ2n) is 4.22.